The quantitative estimate of drug-likeness (QED) is 0.0262. The molecule has 360 valence electrons. The lowest BCUT2D eigenvalue weighted by Gasteiger charge is -2.18. The number of allylic oxidation sites excluding steroid dienone is 20. The predicted molar refractivity (Wildman–Crippen MR) is 274 cm³/mol. The Morgan fingerprint density at radius 2 is 0.641 bits per heavy atom. The zero-order valence-electron chi connectivity index (χ0n) is 41.0. The van der Waals surface area contributed by atoms with Crippen LogP contribution in [-0.4, -0.2) is 37.2 Å². The number of rotatable bonds is 44. The fourth-order valence-electron chi connectivity index (χ4n) is 6.46. The van der Waals surface area contributed by atoms with Gasteiger partial charge >= 0.3 is 17.9 Å². The Morgan fingerprint density at radius 1 is 0.328 bits per heavy atom. The summed E-state index contributed by atoms with van der Waals surface area (Å²) in [4.78, 5) is 37.9. The van der Waals surface area contributed by atoms with Gasteiger partial charge in [-0.25, -0.2) is 0 Å². The van der Waals surface area contributed by atoms with Crippen molar-refractivity contribution in [2.45, 2.75) is 213 Å². The molecule has 0 aromatic heterocycles. The number of carbonyl (C=O) groups is 3. The van der Waals surface area contributed by atoms with E-state index in [-0.39, 0.29) is 44.0 Å². The lowest BCUT2D eigenvalue weighted by Crippen LogP contribution is -2.30. The molecular formula is C58H92O6. The topological polar surface area (TPSA) is 78.9 Å². The Hall–Kier alpha value is -4.19. The van der Waals surface area contributed by atoms with E-state index in [4.69, 9.17) is 14.2 Å². The molecule has 0 aliphatic heterocycles. The van der Waals surface area contributed by atoms with Crippen LogP contribution in [-0.2, 0) is 28.6 Å². The maximum Gasteiger partial charge on any atom is 0.306 e. The number of ether oxygens (including phenoxy) is 3. The smallest absolute Gasteiger partial charge is 0.306 e. The second-order valence-corrected chi connectivity index (χ2v) is 16.3. The van der Waals surface area contributed by atoms with E-state index in [0.29, 0.717) is 19.3 Å². The first-order valence-corrected chi connectivity index (χ1v) is 25.5. The lowest BCUT2D eigenvalue weighted by molar-refractivity contribution is -0.166. The molecule has 0 aliphatic rings. The third kappa shape index (κ3) is 48.8. The largest absolute Gasteiger partial charge is 0.462 e. The Bertz CT molecular complexity index is 1390. The van der Waals surface area contributed by atoms with Crippen LogP contribution in [0.5, 0.6) is 0 Å². The van der Waals surface area contributed by atoms with Crippen LogP contribution in [0.1, 0.15) is 207 Å². The van der Waals surface area contributed by atoms with Crippen molar-refractivity contribution in [2.75, 3.05) is 13.2 Å². The Labute approximate surface area is 392 Å². The van der Waals surface area contributed by atoms with E-state index in [2.05, 4.69) is 130 Å². The van der Waals surface area contributed by atoms with E-state index in [0.717, 1.165) is 96.3 Å². The molecule has 0 N–H and O–H groups in total. The average Bonchev–Trinajstić information content (AvgIpc) is 3.29. The van der Waals surface area contributed by atoms with E-state index < -0.39 is 6.10 Å². The van der Waals surface area contributed by atoms with Gasteiger partial charge in [0.05, 0.1) is 0 Å². The summed E-state index contributed by atoms with van der Waals surface area (Å²) in [5.74, 6) is -1.06. The summed E-state index contributed by atoms with van der Waals surface area (Å²) in [6.45, 7) is 6.29. The fraction of sp³-hybridized carbons (Fsp3) is 0.603. The van der Waals surface area contributed by atoms with Crippen LogP contribution < -0.4 is 0 Å². The van der Waals surface area contributed by atoms with Gasteiger partial charge in [0.15, 0.2) is 6.10 Å². The number of hydrogen-bond donors (Lipinski definition) is 0. The summed E-state index contributed by atoms with van der Waals surface area (Å²) in [7, 11) is 0. The molecule has 0 rings (SSSR count). The fourth-order valence-corrected chi connectivity index (χ4v) is 6.46. The van der Waals surface area contributed by atoms with E-state index in [1.165, 1.54) is 57.8 Å². The van der Waals surface area contributed by atoms with Crippen LogP contribution in [0.4, 0.5) is 0 Å². The molecule has 0 spiro atoms. The molecule has 1 atom stereocenters. The maximum absolute atomic E-state index is 12.8. The highest BCUT2D eigenvalue weighted by Gasteiger charge is 2.19. The highest BCUT2D eigenvalue weighted by Crippen LogP contribution is 2.13. The van der Waals surface area contributed by atoms with Gasteiger partial charge in [-0.1, -0.05) is 213 Å². The summed E-state index contributed by atoms with van der Waals surface area (Å²) < 4.78 is 16.7. The number of esters is 3. The van der Waals surface area contributed by atoms with Crippen molar-refractivity contribution in [3.63, 3.8) is 0 Å². The standard InChI is InChI=1S/C58H92O6/c1-4-7-10-13-16-19-22-25-27-28-29-30-32-33-36-39-42-45-48-51-57(60)63-54-55(53-62-56(59)50-47-44-41-38-35-24-21-18-15-12-9-6-3)64-58(61)52-49-46-43-40-37-34-31-26-23-20-17-14-11-8-5-2/h7-8,10-11,16-17,19-20,25-27,29-31,33,36-37,40,42,45,55H,4-6,9,12-15,18,21-24,28,32,34-35,38-39,41,43-44,46-54H2,1-3H3/b10-7-,11-8-,19-16-,20-17-,27-25-,30-29-,31-26-,36-33-,40-37-,45-42-/t55-/m0/s1. The minimum atomic E-state index is -0.831. The van der Waals surface area contributed by atoms with E-state index in [9.17, 15) is 14.4 Å². The Morgan fingerprint density at radius 3 is 1.05 bits per heavy atom. The molecule has 0 saturated carbocycles. The first-order valence-electron chi connectivity index (χ1n) is 25.5. The second kappa shape index (κ2) is 51.4. The normalized spacial score (nSPS) is 13.1. The molecule has 0 fully saturated rings. The van der Waals surface area contributed by atoms with Gasteiger partial charge in [0.2, 0.25) is 0 Å². The molecule has 0 radical (unpaired) electrons. The minimum absolute atomic E-state index is 0.120. The van der Waals surface area contributed by atoms with E-state index >= 15 is 0 Å². The number of unbranched alkanes of at least 4 members (excludes halogenated alkanes) is 13. The summed E-state index contributed by atoms with van der Waals surface area (Å²) in [6.07, 6.45) is 70.5. The second-order valence-electron chi connectivity index (χ2n) is 16.3. The molecule has 6 nitrogen and oxygen atoms in total. The van der Waals surface area contributed by atoms with Crippen molar-refractivity contribution in [3.8, 4) is 0 Å². The first-order chi connectivity index (χ1) is 31.5. The van der Waals surface area contributed by atoms with Gasteiger partial charge in [-0.15, -0.1) is 0 Å². The van der Waals surface area contributed by atoms with Gasteiger partial charge < -0.3 is 14.2 Å². The molecule has 0 amide bonds. The highest BCUT2D eigenvalue weighted by molar-refractivity contribution is 5.71. The third-order valence-electron chi connectivity index (χ3n) is 10.2. The van der Waals surface area contributed by atoms with Crippen molar-refractivity contribution in [2.24, 2.45) is 0 Å². The summed E-state index contributed by atoms with van der Waals surface area (Å²) in [6, 6.07) is 0. The molecule has 0 aromatic carbocycles. The van der Waals surface area contributed by atoms with Crippen molar-refractivity contribution in [3.05, 3.63) is 122 Å². The molecule has 64 heavy (non-hydrogen) atoms. The zero-order valence-corrected chi connectivity index (χ0v) is 41.0. The summed E-state index contributed by atoms with van der Waals surface area (Å²) in [5.41, 5.74) is 0. The van der Waals surface area contributed by atoms with Crippen molar-refractivity contribution >= 4 is 17.9 Å². The van der Waals surface area contributed by atoms with Crippen LogP contribution >= 0.6 is 0 Å². The highest BCUT2D eigenvalue weighted by atomic mass is 16.6. The van der Waals surface area contributed by atoms with Crippen LogP contribution in [0.15, 0.2) is 122 Å². The Balaban J connectivity index is 4.58. The van der Waals surface area contributed by atoms with Gasteiger partial charge in [-0.3, -0.25) is 14.4 Å². The van der Waals surface area contributed by atoms with Crippen LogP contribution in [0.3, 0.4) is 0 Å². The van der Waals surface area contributed by atoms with Crippen LogP contribution in [0.2, 0.25) is 0 Å². The zero-order chi connectivity index (χ0) is 46.5. The van der Waals surface area contributed by atoms with E-state index in [1.807, 2.05) is 12.2 Å². The van der Waals surface area contributed by atoms with Gasteiger partial charge in [0, 0.05) is 19.3 Å². The van der Waals surface area contributed by atoms with Crippen molar-refractivity contribution in [1.82, 2.24) is 0 Å². The Kier molecular flexibility index (Phi) is 48.1. The number of hydrogen-bond acceptors (Lipinski definition) is 6. The van der Waals surface area contributed by atoms with Gasteiger partial charge in [-0.05, 0) is 96.3 Å². The van der Waals surface area contributed by atoms with E-state index in [1.54, 1.807) is 0 Å². The molecule has 6 heteroatoms. The molecule has 0 aliphatic carbocycles. The molecule has 0 heterocycles. The third-order valence-corrected chi connectivity index (χ3v) is 10.2. The molecule has 0 unspecified atom stereocenters. The average molecular weight is 885 g/mol. The van der Waals surface area contributed by atoms with Crippen LogP contribution in [0, 0.1) is 0 Å². The first kappa shape index (κ1) is 59.8. The summed E-state index contributed by atoms with van der Waals surface area (Å²) in [5, 5.41) is 0. The van der Waals surface area contributed by atoms with Crippen molar-refractivity contribution < 1.29 is 28.6 Å². The van der Waals surface area contributed by atoms with Crippen molar-refractivity contribution in [1.29, 1.82) is 0 Å². The van der Waals surface area contributed by atoms with Gasteiger partial charge in [0.1, 0.15) is 13.2 Å². The molecule has 0 saturated heterocycles. The summed E-state index contributed by atoms with van der Waals surface area (Å²) >= 11 is 0. The molecule has 0 bridgehead atoms. The minimum Gasteiger partial charge on any atom is -0.462 e. The molecule has 0 aromatic rings. The van der Waals surface area contributed by atoms with Crippen LogP contribution in [0.25, 0.3) is 0 Å². The SMILES string of the molecule is CC/C=C\C/C=C\C/C=C\C/C=C\C/C=C\C/C=C\CCC(=O)OC[C@H](COC(=O)CCCCCCCCCCCCCC)OC(=O)CCCC/C=C\C/C=C\C/C=C\C/C=C\CC. The van der Waals surface area contributed by atoms with Gasteiger partial charge in [-0.2, -0.15) is 0 Å². The number of carbonyl (C=O) groups excluding carboxylic acids is 3. The monoisotopic (exact) mass is 885 g/mol. The molecular weight excluding hydrogens is 793 g/mol. The maximum atomic E-state index is 12.8. The lowest BCUT2D eigenvalue weighted by atomic mass is 10.0. The predicted octanol–water partition coefficient (Wildman–Crippen LogP) is 16.9. The van der Waals surface area contributed by atoms with Gasteiger partial charge in [0.25, 0.3) is 0 Å².